The Morgan fingerprint density at radius 2 is 2.08 bits per heavy atom. The molecule has 1 fully saturated rings. The third-order valence-electron chi connectivity index (χ3n) is 7.23. The Labute approximate surface area is 207 Å². The van der Waals surface area contributed by atoms with Crippen LogP contribution in [-0.4, -0.2) is 44.6 Å². The maximum absolute atomic E-state index is 13.6. The zero-order chi connectivity index (χ0) is 24.8. The molecule has 0 spiro atoms. The molecule has 2 aliphatic rings. The van der Waals surface area contributed by atoms with E-state index in [4.69, 9.17) is 0 Å². The molecule has 1 amide bonds. The predicted molar refractivity (Wildman–Crippen MR) is 136 cm³/mol. The maximum Gasteiger partial charge on any atom is 0.254 e. The average molecular weight is 487 g/mol. The Morgan fingerprint density at radius 1 is 1.19 bits per heavy atom. The van der Waals surface area contributed by atoms with Crippen molar-refractivity contribution in [3.8, 4) is 11.3 Å². The molecule has 4 aromatic rings. The highest BCUT2D eigenvalue weighted by molar-refractivity contribution is 6.06. The van der Waals surface area contributed by atoms with Crippen LogP contribution in [0.5, 0.6) is 0 Å². The summed E-state index contributed by atoms with van der Waals surface area (Å²) < 4.78 is 15.4. The number of anilines is 3. The molecule has 9 heteroatoms. The van der Waals surface area contributed by atoms with Crippen molar-refractivity contribution in [1.29, 1.82) is 0 Å². The summed E-state index contributed by atoms with van der Waals surface area (Å²) >= 11 is 0. The quantitative estimate of drug-likeness (QED) is 0.393. The highest BCUT2D eigenvalue weighted by atomic mass is 19.1. The molecule has 2 atom stereocenters. The van der Waals surface area contributed by atoms with Crippen molar-refractivity contribution in [3.05, 3.63) is 71.9 Å². The van der Waals surface area contributed by atoms with Gasteiger partial charge in [0.05, 0.1) is 41.1 Å². The lowest BCUT2D eigenvalue weighted by molar-refractivity contribution is 0.0966. The van der Waals surface area contributed by atoms with E-state index in [1.165, 1.54) is 12.1 Å². The first-order valence-electron chi connectivity index (χ1n) is 12.2. The van der Waals surface area contributed by atoms with Crippen LogP contribution in [0, 0.1) is 11.7 Å². The number of amides is 1. The molecule has 0 aliphatic carbocycles. The molecule has 3 aromatic heterocycles. The van der Waals surface area contributed by atoms with Crippen molar-refractivity contribution in [3.63, 3.8) is 0 Å². The fourth-order valence-electron chi connectivity index (χ4n) is 5.27. The Bertz CT molecular complexity index is 1450. The summed E-state index contributed by atoms with van der Waals surface area (Å²) in [6.45, 7) is 4.02. The van der Waals surface area contributed by atoms with Crippen LogP contribution in [0.3, 0.4) is 0 Å². The highest BCUT2D eigenvalue weighted by Gasteiger charge is 2.28. The second kappa shape index (κ2) is 8.91. The minimum Gasteiger partial charge on any atom is -0.393 e. The van der Waals surface area contributed by atoms with Crippen LogP contribution in [0.25, 0.3) is 16.9 Å². The van der Waals surface area contributed by atoms with Crippen LogP contribution >= 0.6 is 0 Å². The lowest BCUT2D eigenvalue weighted by atomic mass is 9.93. The van der Waals surface area contributed by atoms with E-state index in [0.717, 1.165) is 48.4 Å². The van der Waals surface area contributed by atoms with Crippen molar-refractivity contribution >= 4 is 28.7 Å². The van der Waals surface area contributed by atoms with Crippen LogP contribution in [0.2, 0.25) is 0 Å². The SMILES string of the molecule is C[C@@H](O)C1CCCN(c2ccc(Nc3ccc(-c4cnc5cc(F)ccn45)c4c3C(=O)NC4)nc2)C1. The van der Waals surface area contributed by atoms with Gasteiger partial charge in [0.15, 0.2) is 0 Å². The zero-order valence-corrected chi connectivity index (χ0v) is 19.9. The Hall–Kier alpha value is -3.98. The average Bonchev–Trinajstić information content (AvgIpc) is 3.48. The number of aliphatic hydroxyl groups is 1. The van der Waals surface area contributed by atoms with Crippen LogP contribution in [0.15, 0.2) is 55.0 Å². The molecule has 3 N–H and O–H groups in total. The number of nitrogens with one attached hydrogen (secondary N) is 2. The van der Waals surface area contributed by atoms with Crippen molar-refractivity contribution < 1.29 is 14.3 Å². The van der Waals surface area contributed by atoms with Gasteiger partial charge in [0.1, 0.15) is 17.3 Å². The molecule has 1 unspecified atom stereocenters. The molecular formula is C27H27FN6O2. The second-order valence-electron chi connectivity index (χ2n) is 9.53. The molecular weight excluding hydrogens is 459 g/mol. The summed E-state index contributed by atoms with van der Waals surface area (Å²) in [5.41, 5.74) is 5.31. The van der Waals surface area contributed by atoms with Crippen LogP contribution in [0.1, 0.15) is 35.7 Å². The molecule has 0 radical (unpaired) electrons. The van der Waals surface area contributed by atoms with E-state index in [2.05, 4.69) is 25.5 Å². The largest absolute Gasteiger partial charge is 0.393 e. The maximum atomic E-state index is 13.6. The Balaban J connectivity index is 1.28. The van der Waals surface area contributed by atoms with Crippen LogP contribution < -0.4 is 15.5 Å². The summed E-state index contributed by atoms with van der Waals surface area (Å²) in [5.74, 6) is 0.414. The number of nitrogens with zero attached hydrogens (tertiary/aromatic N) is 4. The fourth-order valence-corrected chi connectivity index (χ4v) is 5.27. The number of hydrogen-bond acceptors (Lipinski definition) is 6. The minimum atomic E-state index is -0.345. The monoisotopic (exact) mass is 486 g/mol. The first-order chi connectivity index (χ1) is 17.5. The van der Waals surface area contributed by atoms with Gasteiger partial charge in [-0.1, -0.05) is 6.07 Å². The highest BCUT2D eigenvalue weighted by Crippen LogP contribution is 2.35. The van der Waals surface area contributed by atoms with Crippen molar-refractivity contribution in [2.24, 2.45) is 5.92 Å². The van der Waals surface area contributed by atoms with Gasteiger partial charge < -0.3 is 20.6 Å². The summed E-state index contributed by atoms with van der Waals surface area (Å²) in [5, 5.41) is 16.2. The van der Waals surface area contributed by atoms with E-state index in [-0.39, 0.29) is 23.7 Å². The molecule has 2 aliphatic heterocycles. The van der Waals surface area contributed by atoms with Gasteiger partial charge in [-0.25, -0.2) is 14.4 Å². The molecule has 0 bridgehead atoms. The van der Waals surface area contributed by atoms with Gasteiger partial charge in [-0.3, -0.25) is 9.20 Å². The lowest BCUT2D eigenvalue weighted by Gasteiger charge is -2.35. The van der Waals surface area contributed by atoms with Gasteiger partial charge in [-0.15, -0.1) is 0 Å². The molecule has 1 saturated heterocycles. The zero-order valence-electron chi connectivity index (χ0n) is 19.9. The molecule has 184 valence electrons. The van der Waals surface area contributed by atoms with Gasteiger partial charge in [0.25, 0.3) is 5.91 Å². The third kappa shape index (κ3) is 3.95. The summed E-state index contributed by atoms with van der Waals surface area (Å²) in [6, 6.07) is 10.5. The Kier molecular flexibility index (Phi) is 5.56. The Morgan fingerprint density at radius 3 is 2.89 bits per heavy atom. The van der Waals surface area contributed by atoms with E-state index in [9.17, 15) is 14.3 Å². The summed E-state index contributed by atoms with van der Waals surface area (Å²) in [6.07, 6.45) is 6.94. The van der Waals surface area contributed by atoms with Gasteiger partial charge in [0.2, 0.25) is 0 Å². The minimum absolute atomic E-state index is 0.150. The van der Waals surface area contributed by atoms with Gasteiger partial charge in [-0.2, -0.15) is 0 Å². The third-order valence-corrected chi connectivity index (χ3v) is 7.23. The molecule has 5 heterocycles. The molecule has 6 rings (SSSR count). The van der Waals surface area contributed by atoms with Gasteiger partial charge >= 0.3 is 0 Å². The number of piperidine rings is 1. The number of fused-ring (bicyclic) bond motifs is 2. The fraction of sp³-hybridized carbons (Fsp3) is 0.296. The van der Waals surface area contributed by atoms with E-state index in [1.54, 1.807) is 12.4 Å². The molecule has 1 aromatic carbocycles. The van der Waals surface area contributed by atoms with E-state index < -0.39 is 0 Å². The standard InChI is InChI=1S/C27H27FN6O2/c1-16(35)17-3-2-9-33(15-17)19-4-7-24(29-12-19)32-22-6-5-20(21-13-31-27(36)26(21)22)23-14-30-25-11-18(28)8-10-34(23)25/h4-8,10-12,14,16-17,35H,2-3,9,13,15H2,1H3,(H,29,32)(H,31,36)/t16-,17?/m1/s1. The number of imidazole rings is 1. The number of rotatable bonds is 5. The van der Waals surface area contributed by atoms with Crippen molar-refractivity contribution in [2.75, 3.05) is 23.3 Å². The molecule has 0 saturated carbocycles. The predicted octanol–water partition coefficient (Wildman–Crippen LogP) is 4.12. The molecule has 36 heavy (non-hydrogen) atoms. The normalized spacial score (nSPS) is 18.2. The van der Waals surface area contributed by atoms with Crippen LogP contribution in [-0.2, 0) is 6.54 Å². The number of aromatic nitrogens is 3. The van der Waals surface area contributed by atoms with Crippen molar-refractivity contribution in [1.82, 2.24) is 19.7 Å². The van der Waals surface area contributed by atoms with Gasteiger partial charge in [-0.05, 0) is 49.6 Å². The number of carbonyl (C=O) groups is 1. The molecule has 8 nitrogen and oxygen atoms in total. The van der Waals surface area contributed by atoms with Gasteiger partial charge in [0, 0.05) is 43.4 Å². The van der Waals surface area contributed by atoms with E-state index >= 15 is 0 Å². The number of hydrogen-bond donors (Lipinski definition) is 3. The second-order valence-corrected chi connectivity index (χ2v) is 9.53. The van der Waals surface area contributed by atoms with Crippen LogP contribution in [0.4, 0.5) is 21.6 Å². The first-order valence-corrected chi connectivity index (χ1v) is 12.2. The number of carbonyl (C=O) groups excluding carboxylic acids is 1. The smallest absolute Gasteiger partial charge is 0.254 e. The van der Waals surface area contributed by atoms with Crippen molar-refractivity contribution in [2.45, 2.75) is 32.4 Å². The topological polar surface area (TPSA) is 94.8 Å². The number of aliphatic hydroxyl groups excluding tert-OH is 1. The number of halogens is 1. The first kappa shape index (κ1) is 22.5. The van der Waals surface area contributed by atoms with E-state index in [0.29, 0.717) is 29.3 Å². The van der Waals surface area contributed by atoms with E-state index in [1.807, 2.05) is 41.8 Å². The summed E-state index contributed by atoms with van der Waals surface area (Å²) in [7, 11) is 0. The number of pyridine rings is 2. The number of benzene rings is 1. The lowest BCUT2D eigenvalue weighted by Crippen LogP contribution is -2.39. The summed E-state index contributed by atoms with van der Waals surface area (Å²) in [4.78, 5) is 24.0.